The Kier molecular flexibility index (Phi) is 5.03. The number of carbonyl (C=O) groups is 1. The van der Waals surface area contributed by atoms with Gasteiger partial charge in [0.2, 0.25) is 0 Å². The molecule has 0 saturated heterocycles. The molecule has 0 aliphatic heterocycles. The maximum absolute atomic E-state index is 11.9. The summed E-state index contributed by atoms with van der Waals surface area (Å²) in [7, 11) is 0. The average Bonchev–Trinajstić information content (AvgIpc) is 2.42. The van der Waals surface area contributed by atoms with Crippen LogP contribution < -0.4 is 15.8 Å². The van der Waals surface area contributed by atoms with E-state index < -0.39 is 0 Å². The largest absolute Gasteiger partial charge is 0.484 e. The zero-order valence-corrected chi connectivity index (χ0v) is 13.6. The van der Waals surface area contributed by atoms with Gasteiger partial charge in [0.1, 0.15) is 5.75 Å². The van der Waals surface area contributed by atoms with Crippen LogP contribution in [-0.4, -0.2) is 12.5 Å². The first-order chi connectivity index (χ1) is 9.56. The lowest BCUT2D eigenvalue weighted by molar-refractivity contribution is -0.118. The third kappa shape index (κ3) is 3.98. The maximum atomic E-state index is 11.9. The lowest BCUT2D eigenvalue weighted by Gasteiger charge is -2.11. The molecule has 0 aromatic heterocycles. The molecule has 20 heavy (non-hydrogen) atoms. The molecule has 4 nitrogen and oxygen atoms in total. The van der Waals surface area contributed by atoms with Gasteiger partial charge >= 0.3 is 0 Å². The number of carbonyl (C=O) groups excluding carboxylic acids is 1. The fourth-order valence-corrected chi connectivity index (χ4v) is 2.97. The summed E-state index contributed by atoms with van der Waals surface area (Å²) < 4.78 is 6.79. The molecule has 0 spiro atoms. The number of hydrogen-bond donors (Lipinski definition) is 2. The Morgan fingerprint density at radius 3 is 2.35 bits per heavy atom. The molecule has 0 aliphatic carbocycles. The summed E-state index contributed by atoms with van der Waals surface area (Å²) in [5.41, 5.74) is 6.92. The highest BCUT2D eigenvalue weighted by atomic mass is 79.9. The Bertz CT molecular complexity index is 595. The number of amides is 1. The van der Waals surface area contributed by atoms with Crippen molar-refractivity contribution >= 4 is 49.1 Å². The van der Waals surface area contributed by atoms with Crippen LogP contribution in [0.5, 0.6) is 5.75 Å². The van der Waals surface area contributed by atoms with Crippen LogP contribution in [0.2, 0.25) is 0 Å². The van der Waals surface area contributed by atoms with Crippen LogP contribution in [0, 0.1) is 0 Å². The standard InChI is InChI=1S/C14H12Br2N2O2/c15-11-6-9(17)7-12(16)14(11)18-13(19)8-20-10-4-2-1-3-5-10/h1-7H,8,17H2,(H,18,19). The van der Waals surface area contributed by atoms with Crippen LogP contribution in [0.25, 0.3) is 0 Å². The van der Waals surface area contributed by atoms with Gasteiger partial charge in [-0.05, 0) is 56.1 Å². The van der Waals surface area contributed by atoms with E-state index in [9.17, 15) is 4.79 Å². The minimum absolute atomic E-state index is 0.0622. The Hall–Kier alpha value is -1.53. The van der Waals surface area contributed by atoms with Gasteiger partial charge in [0.15, 0.2) is 6.61 Å². The number of benzene rings is 2. The number of nitrogens with two attached hydrogens (primary N) is 1. The van der Waals surface area contributed by atoms with Gasteiger partial charge in [-0.1, -0.05) is 18.2 Å². The number of halogens is 2. The summed E-state index contributed by atoms with van der Waals surface area (Å²) in [4.78, 5) is 11.9. The molecular weight excluding hydrogens is 388 g/mol. The summed E-state index contributed by atoms with van der Waals surface area (Å²) in [6.07, 6.45) is 0. The van der Waals surface area contributed by atoms with E-state index in [1.165, 1.54) is 0 Å². The number of nitrogen functional groups attached to an aromatic ring is 1. The van der Waals surface area contributed by atoms with Crippen LogP contribution in [0.15, 0.2) is 51.4 Å². The first-order valence-electron chi connectivity index (χ1n) is 5.78. The molecule has 2 aromatic carbocycles. The molecular formula is C14H12Br2N2O2. The lowest BCUT2D eigenvalue weighted by Crippen LogP contribution is -2.20. The Morgan fingerprint density at radius 2 is 1.75 bits per heavy atom. The highest BCUT2D eigenvalue weighted by Crippen LogP contribution is 2.33. The van der Waals surface area contributed by atoms with E-state index in [1.54, 1.807) is 24.3 Å². The smallest absolute Gasteiger partial charge is 0.262 e. The van der Waals surface area contributed by atoms with Crippen LogP contribution in [0.1, 0.15) is 0 Å². The van der Waals surface area contributed by atoms with Crippen molar-refractivity contribution in [3.8, 4) is 5.75 Å². The van der Waals surface area contributed by atoms with Crippen molar-refractivity contribution in [1.29, 1.82) is 0 Å². The van der Waals surface area contributed by atoms with Crippen molar-refractivity contribution in [2.24, 2.45) is 0 Å². The maximum Gasteiger partial charge on any atom is 0.262 e. The van der Waals surface area contributed by atoms with Gasteiger partial charge in [-0.25, -0.2) is 0 Å². The van der Waals surface area contributed by atoms with Gasteiger partial charge in [0.05, 0.1) is 5.69 Å². The Balaban J connectivity index is 1.98. The van der Waals surface area contributed by atoms with Crippen LogP contribution in [-0.2, 0) is 4.79 Å². The molecule has 1 amide bonds. The van der Waals surface area contributed by atoms with Crippen LogP contribution in [0.3, 0.4) is 0 Å². The second-order valence-electron chi connectivity index (χ2n) is 4.01. The summed E-state index contributed by atoms with van der Waals surface area (Å²) in [6.45, 7) is -0.0622. The fourth-order valence-electron chi connectivity index (χ4n) is 1.55. The van der Waals surface area contributed by atoms with Gasteiger partial charge in [-0.3, -0.25) is 4.79 Å². The monoisotopic (exact) mass is 398 g/mol. The molecule has 6 heteroatoms. The van der Waals surface area contributed by atoms with Crippen molar-refractivity contribution < 1.29 is 9.53 Å². The van der Waals surface area contributed by atoms with Gasteiger partial charge in [-0.2, -0.15) is 0 Å². The van der Waals surface area contributed by atoms with E-state index in [1.807, 2.05) is 18.2 Å². The van der Waals surface area contributed by atoms with E-state index in [0.29, 0.717) is 26.1 Å². The Labute approximate surface area is 133 Å². The number of ether oxygens (including phenoxy) is 1. The molecule has 0 fully saturated rings. The molecule has 0 bridgehead atoms. The fraction of sp³-hybridized carbons (Fsp3) is 0.0714. The third-order valence-electron chi connectivity index (χ3n) is 2.44. The Morgan fingerprint density at radius 1 is 1.15 bits per heavy atom. The highest BCUT2D eigenvalue weighted by molar-refractivity contribution is 9.11. The predicted octanol–water partition coefficient (Wildman–Crippen LogP) is 3.81. The van der Waals surface area contributed by atoms with E-state index in [2.05, 4.69) is 37.2 Å². The number of hydrogen-bond acceptors (Lipinski definition) is 3. The second-order valence-corrected chi connectivity index (χ2v) is 5.72. The summed E-state index contributed by atoms with van der Waals surface area (Å²) in [6, 6.07) is 12.6. The summed E-state index contributed by atoms with van der Waals surface area (Å²) in [5.74, 6) is 0.401. The number of nitrogens with one attached hydrogen (secondary N) is 1. The normalized spacial score (nSPS) is 10.1. The predicted molar refractivity (Wildman–Crippen MR) is 86.8 cm³/mol. The van der Waals surface area contributed by atoms with E-state index in [4.69, 9.17) is 10.5 Å². The van der Waals surface area contributed by atoms with E-state index >= 15 is 0 Å². The van der Waals surface area contributed by atoms with Crippen molar-refractivity contribution in [3.05, 3.63) is 51.4 Å². The van der Waals surface area contributed by atoms with Gasteiger partial charge in [-0.15, -0.1) is 0 Å². The number of rotatable bonds is 4. The molecule has 104 valence electrons. The molecule has 0 saturated carbocycles. The van der Waals surface area contributed by atoms with Crippen molar-refractivity contribution in [2.45, 2.75) is 0 Å². The zero-order valence-electron chi connectivity index (χ0n) is 10.4. The molecule has 0 atom stereocenters. The van der Waals surface area contributed by atoms with Gasteiger partial charge in [0, 0.05) is 14.6 Å². The highest BCUT2D eigenvalue weighted by Gasteiger charge is 2.10. The van der Waals surface area contributed by atoms with Crippen LogP contribution >= 0.6 is 31.9 Å². The summed E-state index contributed by atoms with van der Waals surface area (Å²) in [5, 5.41) is 2.76. The van der Waals surface area contributed by atoms with E-state index in [-0.39, 0.29) is 12.5 Å². The molecule has 2 aromatic rings. The third-order valence-corrected chi connectivity index (χ3v) is 3.69. The molecule has 2 rings (SSSR count). The van der Waals surface area contributed by atoms with Crippen molar-refractivity contribution in [2.75, 3.05) is 17.7 Å². The quantitative estimate of drug-likeness (QED) is 0.768. The number of anilines is 2. The average molecular weight is 400 g/mol. The first-order valence-corrected chi connectivity index (χ1v) is 7.37. The summed E-state index contributed by atoms with van der Waals surface area (Å²) >= 11 is 6.71. The number of para-hydroxylation sites is 1. The van der Waals surface area contributed by atoms with Gasteiger partial charge in [0.25, 0.3) is 5.91 Å². The molecule has 0 heterocycles. The minimum Gasteiger partial charge on any atom is -0.484 e. The minimum atomic E-state index is -0.250. The molecule has 0 aliphatic rings. The van der Waals surface area contributed by atoms with Crippen molar-refractivity contribution in [3.63, 3.8) is 0 Å². The second kappa shape index (κ2) is 6.76. The van der Waals surface area contributed by atoms with Gasteiger partial charge < -0.3 is 15.8 Å². The van der Waals surface area contributed by atoms with Crippen molar-refractivity contribution in [1.82, 2.24) is 0 Å². The molecule has 0 radical (unpaired) electrons. The first kappa shape index (κ1) is 14.9. The molecule has 0 unspecified atom stereocenters. The zero-order chi connectivity index (χ0) is 14.5. The lowest BCUT2D eigenvalue weighted by atomic mass is 10.3. The topological polar surface area (TPSA) is 64.3 Å². The SMILES string of the molecule is Nc1cc(Br)c(NC(=O)COc2ccccc2)c(Br)c1. The van der Waals surface area contributed by atoms with Crippen LogP contribution in [0.4, 0.5) is 11.4 Å². The van der Waals surface area contributed by atoms with E-state index in [0.717, 1.165) is 0 Å². The molecule has 3 N–H and O–H groups in total.